The van der Waals surface area contributed by atoms with Gasteiger partial charge in [-0.2, -0.15) is 0 Å². The van der Waals surface area contributed by atoms with Crippen molar-refractivity contribution in [2.24, 2.45) is 0 Å². The molecule has 0 aromatic carbocycles. The number of rotatable bonds is 6. The molecule has 0 aliphatic heterocycles. The van der Waals surface area contributed by atoms with Crippen LogP contribution in [0.15, 0.2) is 4.42 Å². The molecule has 0 bridgehead atoms. The summed E-state index contributed by atoms with van der Waals surface area (Å²) in [5.74, 6) is -1.38. The molecule has 0 spiro atoms. The highest BCUT2D eigenvalue weighted by Crippen LogP contribution is 2.29. The average Bonchev–Trinajstić information content (AvgIpc) is 2.92. The van der Waals surface area contributed by atoms with Crippen LogP contribution in [0.25, 0.3) is 0 Å². The normalized spacial score (nSPS) is 14.6. The molecule has 8 heteroatoms. The minimum atomic E-state index is -0.750. The van der Waals surface area contributed by atoms with E-state index < -0.39 is 18.0 Å². The molecule has 0 unspecified atom stereocenters. The minimum absolute atomic E-state index is 0.0294. The third-order valence-electron chi connectivity index (χ3n) is 4.21. The fourth-order valence-electron chi connectivity index (χ4n) is 3.05. The summed E-state index contributed by atoms with van der Waals surface area (Å²) >= 11 is 0. The standard InChI is InChI=1S/C18H26N2O6/c1-4-24-16(21)13-11(3)26-15(14(13)17(22)25-5-2)20-18(23)19-12-9-7-6-8-10-12/h12H,4-10H2,1-3H3,(H2,19,20,23). The van der Waals surface area contributed by atoms with E-state index >= 15 is 0 Å². The number of hydrogen-bond donors (Lipinski definition) is 2. The van der Waals surface area contributed by atoms with Crippen LogP contribution in [0.3, 0.4) is 0 Å². The van der Waals surface area contributed by atoms with Gasteiger partial charge < -0.3 is 19.2 Å². The fraction of sp³-hybridized carbons (Fsp3) is 0.611. The predicted molar refractivity (Wildman–Crippen MR) is 94.4 cm³/mol. The molecule has 26 heavy (non-hydrogen) atoms. The van der Waals surface area contributed by atoms with Crippen molar-refractivity contribution in [1.29, 1.82) is 0 Å². The number of aryl methyl sites for hydroxylation is 1. The van der Waals surface area contributed by atoms with Crippen molar-refractivity contribution in [2.45, 2.75) is 58.9 Å². The lowest BCUT2D eigenvalue weighted by molar-refractivity contribution is 0.0480. The SMILES string of the molecule is CCOC(=O)c1c(C)oc(NC(=O)NC2CCCCC2)c1C(=O)OCC. The Bertz CT molecular complexity index is 661. The van der Waals surface area contributed by atoms with Crippen LogP contribution in [0.4, 0.5) is 10.7 Å². The molecule has 0 radical (unpaired) electrons. The highest BCUT2D eigenvalue weighted by atomic mass is 16.5. The van der Waals surface area contributed by atoms with E-state index in [1.54, 1.807) is 13.8 Å². The summed E-state index contributed by atoms with van der Waals surface area (Å²) in [6, 6.07) is -0.387. The first kappa shape index (κ1) is 19.8. The number of amides is 2. The van der Waals surface area contributed by atoms with Crippen LogP contribution in [0.1, 0.15) is 72.4 Å². The zero-order chi connectivity index (χ0) is 19.1. The van der Waals surface area contributed by atoms with Crippen LogP contribution in [0.5, 0.6) is 0 Å². The van der Waals surface area contributed by atoms with Gasteiger partial charge in [-0.3, -0.25) is 5.32 Å². The van der Waals surface area contributed by atoms with Gasteiger partial charge in [0.25, 0.3) is 0 Å². The molecule has 1 aliphatic rings. The summed E-state index contributed by atoms with van der Waals surface area (Å²) in [7, 11) is 0. The summed E-state index contributed by atoms with van der Waals surface area (Å²) in [5.41, 5.74) is -0.153. The van der Waals surface area contributed by atoms with Crippen LogP contribution >= 0.6 is 0 Å². The third-order valence-corrected chi connectivity index (χ3v) is 4.21. The number of esters is 2. The second-order valence-electron chi connectivity index (χ2n) is 6.11. The number of carbonyl (C=O) groups is 3. The molecule has 8 nitrogen and oxygen atoms in total. The average molecular weight is 366 g/mol. The Morgan fingerprint density at radius 1 is 1.00 bits per heavy atom. The van der Waals surface area contributed by atoms with Gasteiger partial charge in [-0.1, -0.05) is 19.3 Å². The van der Waals surface area contributed by atoms with Gasteiger partial charge in [-0.15, -0.1) is 0 Å². The molecule has 144 valence electrons. The second-order valence-corrected chi connectivity index (χ2v) is 6.11. The summed E-state index contributed by atoms with van der Waals surface area (Å²) in [6.45, 7) is 5.11. The first-order chi connectivity index (χ1) is 12.5. The number of furan rings is 1. The lowest BCUT2D eigenvalue weighted by atomic mass is 9.96. The molecule has 2 N–H and O–H groups in total. The predicted octanol–water partition coefficient (Wildman–Crippen LogP) is 3.40. The maximum absolute atomic E-state index is 12.3. The smallest absolute Gasteiger partial charge is 0.344 e. The first-order valence-electron chi connectivity index (χ1n) is 9.03. The third kappa shape index (κ3) is 4.77. The minimum Gasteiger partial charge on any atom is -0.462 e. The van der Waals surface area contributed by atoms with E-state index in [-0.39, 0.29) is 42.0 Å². The van der Waals surface area contributed by atoms with E-state index in [2.05, 4.69) is 10.6 Å². The van der Waals surface area contributed by atoms with Gasteiger partial charge in [0.05, 0.1) is 13.2 Å². The Morgan fingerprint density at radius 3 is 2.15 bits per heavy atom. The maximum atomic E-state index is 12.3. The van der Waals surface area contributed by atoms with E-state index in [1.807, 2.05) is 0 Å². The zero-order valence-electron chi connectivity index (χ0n) is 15.5. The van der Waals surface area contributed by atoms with E-state index in [0.717, 1.165) is 25.7 Å². The Kier molecular flexibility index (Phi) is 7.06. The van der Waals surface area contributed by atoms with Crippen LogP contribution in [-0.2, 0) is 9.47 Å². The molecular weight excluding hydrogens is 340 g/mol. The highest BCUT2D eigenvalue weighted by molar-refractivity contribution is 6.09. The molecule has 1 heterocycles. The van der Waals surface area contributed by atoms with Crippen LogP contribution in [0, 0.1) is 6.92 Å². The quantitative estimate of drug-likeness (QED) is 0.747. The monoisotopic (exact) mass is 366 g/mol. The van der Waals surface area contributed by atoms with Crippen molar-refractivity contribution in [3.63, 3.8) is 0 Å². The second kappa shape index (κ2) is 9.26. The molecule has 1 aliphatic carbocycles. The Hall–Kier alpha value is -2.51. The fourth-order valence-corrected chi connectivity index (χ4v) is 3.05. The molecule has 1 aromatic heterocycles. The lowest BCUT2D eigenvalue weighted by Gasteiger charge is -2.22. The van der Waals surface area contributed by atoms with E-state index in [9.17, 15) is 14.4 Å². The zero-order valence-corrected chi connectivity index (χ0v) is 15.5. The number of ether oxygens (including phenoxy) is 2. The van der Waals surface area contributed by atoms with Crippen molar-refractivity contribution >= 4 is 23.9 Å². The van der Waals surface area contributed by atoms with Gasteiger partial charge in [0.1, 0.15) is 16.9 Å². The Morgan fingerprint density at radius 2 is 1.58 bits per heavy atom. The van der Waals surface area contributed by atoms with E-state index in [1.165, 1.54) is 13.3 Å². The Labute approximate surface area is 152 Å². The van der Waals surface area contributed by atoms with Crippen molar-refractivity contribution < 1.29 is 28.3 Å². The summed E-state index contributed by atoms with van der Waals surface area (Å²) < 4.78 is 15.5. The molecular formula is C18H26N2O6. The lowest BCUT2D eigenvalue weighted by Crippen LogP contribution is -2.39. The van der Waals surface area contributed by atoms with Crippen molar-refractivity contribution in [3.8, 4) is 0 Å². The van der Waals surface area contributed by atoms with Crippen LogP contribution in [-0.4, -0.2) is 37.2 Å². The van der Waals surface area contributed by atoms with Gasteiger partial charge in [0.2, 0.25) is 5.88 Å². The summed E-state index contributed by atoms with van der Waals surface area (Å²) in [6.07, 6.45) is 5.16. The Balaban J connectivity index is 2.22. The highest BCUT2D eigenvalue weighted by Gasteiger charge is 2.31. The maximum Gasteiger partial charge on any atom is 0.344 e. The number of nitrogens with one attached hydrogen (secondary N) is 2. The van der Waals surface area contributed by atoms with E-state index in [4.69, 9.17) is 13.9 Å². The summed E-state index contributed by atoms with van der Waals surface area (Å²) in [5, 5.41) is 5.40. The largest absolute Gasteiger partial charge is 0.462 e. The number of hydrogen-bond acceptors (Lipinski definition) is 6. The number of urea groups is 1. The molecule has 1 aromatic rings. The number of anilines is 1. The molecule has 1 fully saturated rings. The molecule has 0 atom stereocenters. The van der Waals surface area contributed by atoms with Crippen molar-refractivity contribution in [3.05, 3.63) is 16.9 Å². The molecule has 0 saturated heterocycles. The topological polar surface area (TPSA) is 107 Å². The van der Waals surface area contributed by atoms with Gasteiger partial charge in [-0.05, 0) is 33.6 Å². The van der Waals surface area contributed by atoms with Gasteiger partial charge in [0, 0.05) is 6.04 Å². The van der Waals surface area contributed by atoms with Crippen LogP contribution < -0.4 is 10.6 Å². The van der Waals surface area contributed by atoms with Crippen molar-refractivity contribution in [1.82, 2.24) is 5.32 Å². The summed E-state index contributed by atoms with van der Waals surface area (Å²) in [4.78, 5) is 36.8. The van der Waals surface area contributed by atoms with Crippen LogP contribution in [0.2, 0.25) is 0 Å². The van der Waals surface area contributed by atoms with Gasteiger partial charge >= 0.3 is 18.0 Å². The van der Waals surface area contributed by atoms with Gasteiger partial charge in [-0.25, -0.2) is 14.4 Å². The molecule has 1 saturated carbocycles. The first-order valence-corrected chi connectivity index (χ1v) is 9.03. The molecule has 2 amide bonds. The van der Waals surface area contributed by atoms with E-state index in [0.29, 0.717) is 0 Å². The molecule has 2 rings (SSSR count). The number of carbonyl (C=O) groups excluding carboxylic acids is 3. The van der Waals surface area contributed by atoms with Crippen molar-refractivity contribution in [2.75, 3.05) is 18.5 Å². The van der Waals surface area contributed by atoms with Gasteiger partial charge in [0.15, 0.2) is 0 Å².